The molecule has 19 heavy (non-hydrogen) atoms. The molecule has 0 saturated carbocycles. The fraction of sp³-hybridized carbons (Fsp3) is 0.462. The average Bonchev–Trinajstić information content (AvgIpc) is 2.31. The number of nitrogens with one attached hydrogen (secondary N) is 1. The molecule has 1 atom stereocenters. The maximum absolute atomic E-state index is 11.8. The van der Waals surface area contributed by atoms with Gasteiger partial charge in [0.25, 0.3) is 5.56 Å². The number of carbonyl (C=O) groups is 2. The Balaban J connectivity index is 2.85. The van der Waals surface area contributed by atoms with E-state index in [9.17, 15) is 14.4 Å². The Bertz CT molecular complexity index is 522. The number of aromatic carboxylic acids is 1. The summed E-state index contributed by atoms with van der Waals surface area (Å²) in [6.07, 6.45) is 1.77. The molecular weight excluding hydrogens is 248 g/mol. The third kappa shape index (κ3) is 4.24. The van der Waals surface area contributed by atoms with Crippen molar-refractivity contribution in [1.29, 1.82) is 0 Å². The molecule has 1 unspecified atom stereocenters. The fourth-order valence-electron chi connectivity index (χ4n) is 1.84. The number of rotatable bonds is 6. The molecule has 1 aromatic heterocycles. The number of amides is 1. The fourth-order valence-corrected chi connectivity index (χ4v) is 1.84. The van der Waals surface area contributed by atoms with Gasteiger partial charge in [-0.2, -0.15) is 0 Å². The van der Waals surface area contributed by atoms with Gasteiger partial charge in [0, 0.05) is 12.1 Å². The molecule has 0 fully saturated rings. The van der Waals surface area contributed by atoms with Crippen molar-refractivity contribution in [2.45, 2.75) is 39.3 Å². The van der Waals surface area contributed by atoms with Gasteiger partial charge in [0.2, 0.25) is 5.91 Å². The molecule has 0 aliphatic heterocycles. The standard InChI is InChI=1S/C13H18N2O4/c1-3-5-9(2)14-11(16)8-15-10(13(18)19)6-4-7-12(15)17/h4,6-7,9H,3,5,8H2,1-2H3,(H,14,16)(H,18,19). The van der Waals surface area contributed by atoms with Crippen molar-refractivity contribution in [1.82, 2.24) is 9.88 Å². The molecule has 2 N–H and O–H groups in total. The van der Waals surface area contributed by atoms with Crippen LogP contribution in [-0.4, -0.2) is 27.6 Å². The van der Waals surface area contributed by atoms with E-state index in [1.165, 1.54) is 18.2 Å². The molecule has 104 valence electrons. The minimum absolute atomic E-state index is 0.00481. The van der Waals surface area contributed by atoms with Gasteiger partial charge in [-0.05, 0) is 19.4 Å². The normalized spacial score (nSPS) is 11.9. The Hall–Kier alpha value is -2.11. The van der Waals surface area contributed by atoms with Crippen LogP contribution in [0.2, 0.25) is 0 Å². The monoisotopic (exact) mass is 266 g/mol. The highest BCUT2D eigenvalue weighted by atomic mass is 16.4. The zero-order valence-corrected chi connectivity index (χ0v) is 11.0. The second-order valence-electron chi connectivity index (χ2n) is 4.40. The van der Waals surface area contributed by atoms with Crippen molar-refractivity contribution in [3.8, 4) is 0 Å². The molecule has 0 aromatic carbocycles. The number of carboxylic acid groups (broad SMARTS) is 1. The van der Waals surface area contributed by atoms with Crippen molar-refractivity contribution in [3.05, 3.63) is 34.2 Å². The summed E-state index contributed by atoms with van der Waals surface area (Å²) in [5.74, 6) is -1.59. The number of nitrogens with zero attached hydrogens (tertiary/aromatic N) is 1. The summed E-state index contributed by atoms with van der Waals surface area (Å²) in [4.78, 5) is 34.4. The Morgan fingerprint density at radius 2 is 2.11 bits per heavy atom. The summed E-state index contributed by atoms with van der Waals surface area (Å²) >= 11 is 0. The molecule has 0 aliphatic rings. The van der Waals surface area contributed by atoms with E-state index >= 15 is 0 Å². The third-order valence-corrected chi connectivity index (χ3v) is 2.70. The highest BCUT2D eigenvalue weighted by Gasteiger charge is 2.14. The van der Waals surface area contributed by atoms with Crippen LogP contribution in [-0.2, 0) is 11.3 Å². The van der Waals surface area contributed by atoms with Gasteiger partial charge in [-0.25, -0.2) is 4.79 Å². The van der Waals surface area contributed by atoms with E-state index in [2.05, 4.69) is 5.32 Å². The van der Waals surface area contributed by atoms with Gasteiger partial charge in [-0.3, -0.25) is 14.2 Å². The molecular formula is C13H18N2O4. The van der Waals surface area contributed by atoms with Gasteiger partial charge < -0.3 is 10.4 Å². The molecule has 1 aromatic rings. The van der Waals surface area contributed by atoms with Crippen LogP contribution in [0.15, 0.2) is 23.0 Å². The van der Waals surface area contributed by atoms with Crippen LogP contribution >= 0.6 is 0 Å². The molecule has 0 aliphatic carbocycles. The van der Waals surface area contributed by atoms with Crippen molar-refractivity contribution < 1.29 is 14.7 Å². The zero-order chi connectivity index (χ0) is 14.4. The van der Waals surface area contributed by atoms with Crippen LogP contribution in [0.25, 0.3) is 0 Å². The number of hydrogen-bond donors (Lipinski definition) is 2. The van der Waals surface area contributed by atoms with E-state index in [1.807, 2.05) is 13.8 Å². The predicted octanol–water partition coefficient (Wildman–Crippen LogP) is 0.851. The lowest BCUT2D eigenvalue weighted by atomic mass is 10.2. The van der Waals surface area contributed by atoms with Crippen molar-refractivity contribution in [2.24, 2.45) is 0 Å². The molecule has 0 saturated heterocycles. The Morgan fingerprint density at radius 1 is 1.42 bits per heavy atom. The third-order valence-electron chi connectivity index (χ3n) is 2.70. The van der Waals surface area contributed by atoms with Crippen LogP contribution in [0.4, 0.5) is 0 Å². The summed E-state index contributed by atoms with van der Waals surface area (Å²) < 4.78 is 0.955. The molecule has 6 nitrogen and oxygen atoms in total. The highest BCUT2D eigenvalue weighted by Crippen LogP contribution is 1.98. The summed E-state index contributed by atoms with van der Waals surface area (Å²) in [6.45, 7) is 3.59. The number of hydrogen-bond acceptors (Lipinski definition) is 3. The van der Waals surface area contributed by atoms with Gasteiger partial charge in [0.1, 0.15) is 12.2 Å². The lowest BCUT2D eigenvalue weighted by Crippen LogP contribution is -2.38. The summed E-state index contributed by atoms with van der Waals surface area (Å²) in [7, 11) is 0. The van der Waals surface area contributed by atoms with E-state index in [0.29, 0.717) is 0 Å². The van der Waals surface area contributed by atoms with Gasteiger partial charge in [0.15, 0.2) is 0 Å². The molecule has 0 bridgehead atoms. The van der Waals surface area contributed by atoms with Crippen molar-refractivity contribution in [2.75, 3.05) is 0 Å². The lowest BCUT2D eigenvalue weighted by molar-refractivity contribution is -0.122. The summed E-state index contributed by atoms with van der Waals surface area (Å²) in [5, 5.41) is 11.7. The Labute approximate surface area is 111 Å². The van der Waals surface area contributed by atoms with E-state index in [-0.39, 0.29) is 24.2 Å². The molecule has 0 spiro atoms. The van der Waals surface area contributed by atoms with Crippen molar-refractivity contribution in [3.63, 3.8) is 0 Å². The first-order chi connectivity index (χ1) is 8.95. The second-order valence-corrected chi connectivity index (χ2v) is 4.40. The first-order valence-corrected chi connectivity index (χ1v) is 6.18. The largest absolute Gasteiger partial charge is 0.477 e. The lowest BCUT2D eigenvalue weighted by Gasteiger charge is -2.14. The van der Waals surface area contributed by atoms with Gasteiger partial charge in [-0.15, -0.1) is 0 Å². The minimum atomic E-state index is -1.23. The first kappa shape index (κ1) is 14.9. The molecule has 1 amide bonds. The molecule has 6 heteroatoms. The topological polar surface area (TPSA) is 88.4 Å². The minimum Gasteiger partial charge on any atom is -0.477 e. The number of carbonyl (C=O) groups excluding carboxylic acids is 1. The SMILES string of the molecule is CCCC(C)NC(=O)Cn1c(C(=O)O)cccc1=O. The van der Waals surface area contributed by atoms with Crippen molar-refractivity contribution >= 4 is 11.9 Å². The van der Waals surface area contributed by atoms with Crippen LogP contribution in [0.5, 0.6) is 0 Å². The number of carboxylic acids is 1. The summed E-state index contributed by atoms with van der Waals surface area (Å²) in [5.41, 5.74) is -0.691. The first-order valence-electron chi connectivity index (χ1n) is 6.18. The predicted molar refractivity (Wildman–Crippen MR) is 70.2 cm³/mol. The average molecular weight is 266 g/mol. The smallest absolute Gasteiger partial charge is 0.352 e. The maximum atomic E-state index is 11.8. The summed E-state index contributed by atoms with van der Waals surface area (Å²) in [6, 6.07) is 3.90. The quantitative estimate of drug-likeness (QED) is 0.799. The van der Waals surface area contributed by atoms with E-state index in [0.717, 1.165) is 17.4 Å². The highest BCUT2D eigenvalue weighted by molar-refractivity contribution is 5.86. The second kappa shape index (κ2) is 6.72. The van der Waals surface area contributed by atoms with E-state index in [1.54, 1.807) is 0 Å². The van der Waals surface area contributed by atoms with E-state index in [4.69, 9.17) is 5.11 Å². The van der Waals surface area contributed by atoms with Gasteiger partial charge in [0.05, 0.1) is 0 Å². The molecule has 1 heterocycles. The molecule has 1 rings (SSSR count). The van der Waals surface area contributed by atoms with Gasteiger partial charge >= 0.3 is 5.97 Å². The van der Waals surface area contributed by atoms with Gasteiger partial charge in [-0.1, -0.05) is 19.4 Å². The number of pyridine rings is 1. The van der Waals surface area contributed by atoms with E-state index < -0.39 is 11.5 Å². The van der Waals surface area contributed by atoms with Crippen LogP contribution in [0.3, 0.4) is 0 Å². The zero-order valence-electron chi connectivity index (χ0n) is 11.0. The van der Waals surface area contributed by atoms with Crippen LogP contribution in [0, 0.1) is 0 Å². The maximum Gasteiger partial charge on any atom is 0.352 e. The Kier molecular flexibility index (Phi) is 5.29. The number of aromatic nitrogens is 1. The van der Waals surface area contributed by atoms with Crippen LogP contribution in [0.1, 0.15) is 37.2 Å². The molecule has 0 radical (unpaired) electrons. The van der Waals surface area contributed by atoms with Crippen LogP contribution < -0.4 is 10.9 Å². The Morgan fingerprint density at radius 3 is 2.68 bits per heavy atom.